The molecule has 0 amide bonds. The Morgan fingerprint density at radius 3 is 1.92 bits per heavy atom. The number of ether oxygens (including phenoxy) is 6. The summed E-state index contributed by atoms with van der Waals surface area (Å²) in [5, 5.41) is 64.5. The molecule has 15 nitrogen and oxygen atoms in total. The average molecular weight is 1310 g/mol. The van der Waals surface area contributed by atoms with Crippen LogP contribution in [0.25, 0.3) is 0 Å². The number of aliphatic hydroxyl groups is 5. The van der Waals surface area contributed by atoms with Crippen LogP contribution in [0.3, 0.4) is 0 Å². The Balaban J connectivity index is 0.0000129. The van der Waals surface area contributed by atoms with Crippen LogP contribution in [0.1, 0.15) is 139 Å². The summed E-state index contributed by atoms with van der Waals surface area (Å²) in [4.78, 5) is 21.4. The van der Waals surface area contributed by atoms with Crippen molar-refractivity contribution < 1.29 is 82.7 Å². The fraction of sp³-hybridized carbons (Fsp3) is 0.716. The van der Waals surface area contributed by atoms with Crippen molar-refractivity contribution in [2.45, 2.75) is 225 Å². The number of rotatable bonds is 22. The highest BCUT2D eigenvalue weighted by atomic mass is 127. The van der Waals surface area contributed by atoms with E-state index < -0.39 is 110 Å². The molecule has 6 rings (SSSR count). The van der Waals surface area contributed by atoms with Crippen LogP contribution in [0, 0.1) is 23.2 Å². The Kier molecular flexibility index (Phi) is 28.0. The van der Waals surface area contributed by atoms with Crippen molar-refractivity contribution in [2.75, 3.05) is 61.2 Å². The van der Waals surface area contributed by atoms with Crippen molar-refractivity contribution in [3.8, 4) is 0 Å². The third kappa shape index (κ3) is 17.4. The number of hydrogen-bond acceptors (Lipinski definition) is 15. The minimum atomic E-state index is -2.03. The first-order chi connectivity index (χ1) is 39.3. The van der Waals surface area contributed by atoms with Crippen LogP contribution in [0.15, 0.2) is 84.9 Å². The molecule has 0 aromatic heterocycles. The number of carbonyl (C=O) groups is 1. The van der Waals surface area contributed by atoms with Gasteiger partial charge in [-0.2, -0.15) is 0 Å². The zero-order valence-electron chi connectivity index (χ0n) is 53.6. The van der Waals surface area contributed by atoms with E-state index in [0.717, 1.165) is 51.2 Å². The molecule has 3 aliphatic rings. The molecule has 0 radical (unpaired) electrons. The van der Waals surface area contributed by atoms with Crippen molar-refractivity contribution in [1.82, 2.24) is 14.7 Å². The summed E-state index contributed by atoms with van der Waals surface area (Å²) in [5.41, 5.74) is -2.53. The highest BCUT2D eigenvalue weighted by molar-refractivity contribution is 7.95. The van der Waals surface area contributed by atoms with E-state index in [1.54, 1.807) is 34.6 Å². The van der Waals surface area contributed by atoms with Crippen LogP contribution in [-0.4, -0.2) is 192 Å². The van der Waals surface area contributed by atoms with Gasteiger partial charge in [0, 0.05) is 50.2 Å². The van der Waals surface area contributed by atoms with Gasteiger partial charge in [-0.15, -0.1) is 0 Å². The van der Waals surface area contributed by atoms with Gasteiger partial charge in [-0.05, 0) is 151 Å². The molecule has 0 bridgehead atoms. The van der Waals surface area contributed by atoms with Gasteiger partial charge in [0.15, 0.2) is 12.6 Å². The van der Waals surface area contributed by atoms with Gasteiger partial charge in [-0.1, -0.05) is 102 Å². The molecule has 0 unspecified atom stereocenters. The van der Waals surface area contributed by atoms with E-state index in [1.165, 1.54) is 28.6 Å². The number of aliphatic hydroxyl groups excluding tert-OH is 4. The van der Waals surface area contributed by atoms with Gasteiger partial charge in [0.25, 0.3) is 0 Å². The highest BCUT2D eigenvalue weighted by Crippen LogP contribution is 2.57. The Labute approximate surface area is 523 Å². The molecule has 3 aliphatic heterocycles. The molecule has 3 fully saturated rings. The second kappa shape index (κ2) is 32.5. The van der Waals surface area contributed by atoms with Crippen molar-refractivity contribution in [3.05, 3.63) is 90.5 Å². The van der Waals surface area contributed by atoms with E-state index in [9.17, 15) is 30.3 Å². The first-order valence-electron chi connectivity index (χ1n) is 31.2. The standard InChI is InChI=1S/C67H109N3O12P.HI/c1-16-56-65(8,44-71)60(73)49(6)70(37-29-19-17-18-20-30-38-83(52-32-23-21-24-33-52,53-34-25-22-26-35-53)55-36-28-27-31-51(55)43-68(11)12)42-45(2)40-66(9,76)62(82-64-58(72)54(69(13)14)39-46(3)78-64)47(4)59(48(5)63(75)80-56)81-57-41-67(10,77-15)61(74)50(7)79-57;/h21-28,31-36,45-50,54,56-62,64,71-74,76H,16-20,29-30,37-44H2,1-15H3;1H/q+1;/p-1/t45-,46-,47+,48-,49-,50+,54+,56-,57+,58-,59+,60-,61+,62-,64+,65-,66-,67-;/m1./s1. The fourth-order valence-corrected chi connectivity index (χ4v) is 18.8. The number of methoxy groups -OCH3 is 1. The van der Waals surface area contributed by atoms with Crippen molar-refractivity contribution in [2.24, 2.45) is 23.2 Å². The third-order valence-corrected chi connectivity index (χ3v) is 23.6. The molecule has 84 heavy (non-hydrogen) atoms. The van der Waals surface area contributed by atoms with E-state index in [4.69, 9.17) is 28.4 Å². The monoisotopic (exact) mass is 1310 g/mol. The van der Waals surface area contributed by atoms with E-state index in [0.29, 0.717) is 25.9 Å². The zero-order valence-corrected chi connectivity index (χ0v) is 56.7. The number of halogens is 1. The van der Waals surface area contributed by atoms with Crippen LogP contribution in [0.5, 0.6) is 0 Å². The summed E-state index contributed by atoms with van der Waals surface area (Å²) in [6.07, 6.45) is -0.714. The number of likely N-dealkylation sites (N-methyl/N-ethyl adjacent to an activating group) is 1. The molecule has 3 aromatic rings. The normalized spacial score (nSPS) is 35.3. The van der Waals surface area contributed by atoms with Gasteiger partial charge in [-0.25, -0.2) is 0 Å². The summed E-state index contributed by atoms with van der Waals surface area (Å²) in [6, 6.07) is 30.6. The highest BCUT2D eigenvalue weighted by Gasteiger charge is 2.54. The molecule has 5 N–H and O–H groups in total. The molecular formula is C67H109IN3O12P. The lowest BCUT2D eigenvalue weighted by atomic mass is 9.75. The van der Waals surface area contributed by atoms with E-state index in [2.05, 4.69) is 116 Å². The number of benzene rings is 3. The predicted octanol–water partition coefficient (Wildman–Crippen LogP) is 4.92. The maximum atomic E-state index is 14.9. The molecule has 0 spiro atoms. The van der Waals surface area contributed by atoms with Crippen molar-refractivity contribution >= 4 is 29.1 Å². The number of nitrogens with zero attached hydrogens (tertiary/aromatic N) is 3. The van der Waals surface area contributed by atoms with Gasteiger partial charge in [0.05, 0.1) is 65.8 Å². The SMILES string of the molecule is CC[C@H]1OC(=O)[C@H](C)[C@@H](O[C@H]2C[C@@](C)(OC)[C@@H](O)[C@H](C)O2)[C@H](C)[C@@H](O[C@@H]2O[C@H](C)C[C@H](N(C)C)[C@H]2O)[C@](C)(O)C[C@@H](C)CN(CCCCCCCC[P+](c2ccccc2)(c2ccccc2)c2ccccc2CN(C)C)[C@H](C)[C@@H](O)[C@]1(C)CO.[I-]. The minimum Gasteiger partial charge on any atom is -1.00 e. The lowest BCUT2D eigenvalue weighted by Crippen LogP contribution is -3.00. The lowest BCUT2D eigenvalue weighted by Gasteiger charge is -2.48. The molecule has 3 saturated heterocycles. The number of esters is 1. The minimum absolute atomic E-state index is 0. The molecule has 0 aliphatic carbocycles. The van der Waals surface area contributed by atoms with Gasteiger partial charge in [0.1, 0.15) is 41.5 Å². The predicted molar refractivity (Wildman–Crippen MR) is 333 cm³/mol. The van der Waals surface area contributed by atoms with Crippen LogP contribution < -0.4 is 39.9 Å². The Hall–Kier alpha value is -2.23. The van der Waals surface area contributed by atoms with Crippen LogP contribution in [0.4, 0.5) is 0 Å². The van der Waals surface area contributed by atoms with Gasteiger partial charge < -0.3 is 87.7 Å². The fourth-order valence-electron chi connectivity index (χ4n) is 14.1. The smallest absolute Gasteiger partial charge is 0.311 e. The molecule has 3 heterocycles. The lowest BCUT2D eigenvalue weighted by molar-refractivity contribution is -0.318. The van der Waals surface area contributed by atoms with Crippen molar-refractivity contribution in [3.63, 3.8) is 0 Å². The van der Waals surface area contributed by atoms with Gasteiger partial charge in [0.2, 0.25) is 0 Å². The first kappa shape index (κ1) is 72.5. The van der Waals surface area contributed by atoms with Crippen LogP contribution in [-0.2, 0) is 39.8 Å². The topological polar surface area (TPSA) is 183 Å². The third-order valence-electron chi connectivity index (χ3n) is 19.0. The van der Waals surface area contributed by atoms with Crippen LogP contribution in [0.2, 0.25) is 0 Å². The van der Waals surface area contributed by atoms with E-state index in [-0.39, 0.29) is 54.9 Å². The van der Waals surface area contributed by atoms with Crippen molar-refractivity contribution in [1.29, 1.82) is 0 Å². The summed E-state index contributed by atoms with van der Waals surface area (Å²) in [5.74, 6) is -2.57. The zero-order chi connectivity index (χ0) is 61.0. The molecule has 17 heteroatoms. The summed E-state index contributed by atoms with van der Waals surface area (Å²) < 4.78 is 38.9. The van der Waals surface area contributed by atoms with E-state index in [1.807, 2.05) is 46.7 Å². The maximum Gasteiger partial charge on any atom is 0.311 e. The Bertz CT molecular complexity index is 2370. The van der Waals surface area contributed by atoms with Gasteiger partial charge in [-0.3, -0.25) is 9.69 Å². The molecule has 476 valence electrons. The summed E-state index contributed by atoms with van der Waals surface area (Å²) in [7, 11) is 7.61. The first-order valence-corrected chi connectivity index (χ1v) is 33.1. The Morgan fingerprint density at radius 2 is 1.35 bits per heavy atom. The summed E-state index contributed by atoms with van der Waals surface area (Å²) >= 11 is 0. The number of carbonyl (C=O) groups excluding carboxylic acids is 1. The number of unbranched alkanes of at least 4 members (excludes halogenated alkanes) is 5. The van der Waals surface area contributed by atoms with Gasteiger partial charge >= 0.3 is 5.97 Å². The molecule has 0 saturated carbocycles. The molecule has 3 aromatic carbocycles. The quantitative estimate of drug-likeness (QED) is 0.0396. The average Bonchev–Trinajstić information content (AvgIpc) is 1.35. The molecular weight excluding hydrogens is 1200 g/mol. The second-order valence-corrected chi connectivity index (χ2v) is 29.9. The maximum absolute atomic E-state index is 14.9. The number of hydrogen-bond donors (Lipinski definition) is 5. The summed E-state index contributed by atoms with van der Waals surface area (Å²) in [6.45, 7) is 20.2. The van der Waals surface area contributed by atoms with E-state index >= 15 is 0 Å². The number of cyclic esters (lactones) is 1. The molecule has 18 atom stereocenters. The second-order valence-electron chi connectivity index (χ2n) is 26.4. The Morgan fingerprint density at radius 1 is 0.762 bits per heavy atom. The largest absolute Gasteiger partial charge is 1.00 e. The van der Waals surface area contributed by atoms with Crippen LogP contribution >= 0.6 is 7.26 Å².